The van der Waals surface area contributed by atoms with E-state index in [1.165, 1.54) is 0 Å². The highest BCUT2D eigenvalue weighted by molar-refractivity contribution is 8.76. The average Bonchev–Trinajstić information content (AvgIpc) is 2.93. The van der Waals surface area contributed by atoms with E-state index in [1.54, 1.807) is 0 Å². The minimum absolute atomic E-state index is 0.102. The Kier molecular flexibility index (Phi) is 14.6. The smallest absolute Gasteiger partial charge is 0.243 e. The van der Waals surface area contributed by atoms with Gasteiger partial charge in [0.25, 0.3) is 0 Å². The molecule has 2 aliphatic heterocycles. The lowest BCUT2D eigenvalue weighted by Crippen LogP contribution is -2.66. The molecule has 0 spiro atoms. The molecule has 4 amide bonds. The van der Waals surface area contributed by atoms with Gasteiger partial charge in [0.1, 0.15) is 60.8 Å². The third-order valence-electron chi connectivity index (χ3n) is 6.36. The molecule has 0 aromatic carbocycles. The first-order chi connectivity index (χ1) is 19.7. The predicted molar refractivity (Wildman–Crippen MR) is 144 cm³/mol. The number of aliphatic hydroxyl groups is 8. The fourth-order valence-corrected chi connectivity index (χ4v) is 6.45. The van der Waals surface area contributed by atoms with Crippen molar-refractivity contribution < 1.29 is 69.5 Å². The monoisotopic (exact) mass is 646 g/mol. The maximum absolute atomic E-state index is 12.9. The van der Waals surface area contributed by atoms with Crippen LogP contribution in [0, 0.1) is 0 Å². The van der Waals surface area contributed by atoms with Gasteiger partial charge in [-0.25, -0.2) is 0 Å². The van der Waals surface area contributed by atoms with Crippen LogP contribution in [0.2, 0.25) is 0 Å². The molecule has 12 atom stereocenters. The molecule has 0 saturated carbocycles. The van der Waals surface area contributed by atoms with Crippen molar-refractivity contribution in [2.24, 2.45) is 0 Å². The Labute approximate surface area is 247 Å². The molecule has 42 heavy (non-hydrogen) atoms. The molecule has 0 radical (unpaired) electrons. The molecule has 0 unspecified atom stereocenters. The highest BCUT2D eigenvalue weighted by Crippen LogP contribution is 2.25. The lowest BCUT2D eigenvalue weighted by atomic mass is 9.97. The number of amides is 4. The van der Waals surface area contributed by atoms with E-state index in [9.17, 15) is 60.0 Å². The number of hydrogen-bond acceptors (Lipinski definition) is 16. The van der Waals surface area contributed by atoms with Crippen LogP contribution in [0.25, 0.3) is 0 Å². The fourth-order valence-electron chi connectivity index (χ4n) is 4.12. The SMILES string of the molecule is CC(=O)N[C@@H](CSSC[C@H](NC(C)=O)C(=O)N[C@@H]1[C@@H](O)[C@H](O)[C@@H](CO)O[C@@H]1O)C(=O)N[C@@H]1[C@@H](O)[C@H](O)[C@@H](CO)O[C@@H]1O. The quantitative estimate of drug-likeness (QED) is 0.0654. The number of carbonyl (C=O) groups is 4. The summed E-state index contributed by atoms with van der Waals surface area (Å²) >= 11 is 0. The number of carbonyl (C=O) groups excluding carboxylic acids is 4. The van der Waals surface area contributed by atoms with E-state index in [0.717, 1.165) is 35.4 Å². The van der Waals surface area contributed by atoms with Crippen LogP contribution in [0.5, 0.6) is 0 Å². The highest BCUT2D eigenvalue weighted by Gasteiger charge is 2.46. The van der Waals surface area contributed by atoms with E-state index in [4.69, 9.17) is 9.47 Å². The van der Waals surface area contributed by atoms with E-state index >= 15 is 0 Å². The lowest BCUT2D eigenvalue weighted by molar-refractivity contribution is -0.254. The van der Waals surface area contributed by atoms with E-state index in [2.05, 4.69) is 21.3 Å². The summed E-state index contributed by atoms with van der Waals surface area (Å²) in [5.74, 6) is -3.08. The zero-order valence-electron chi connectivity index (χ0n) is 22.6. The molecular weight excluding hydrogens is 608 g/mol. The summed E-state index contributed by atoms with van der Waals surface area (Å²) in [6.07, 6.45) is -12.8. The van der Waals surface area contributed by atoms with E-state index in [-0.39, 0.29) is 11.5 Å². The summed E-state index contributed by atoms with van der Waals surface area (Å²) in [5.41, 5.74) is 0. The van der Waals surface area contributed by atoms with Crippen LogP contribution in [0.1, 0.15) is 13.8 Å². The van der Waals surface area contributed by atoms with Crippen LogP contribution in [0.3, 0.4) is 0 Å². The Morgan fingerprint density at radius 2 is 0.976 bits per heavy atom. The third-order valence-corrected chi connectivity index (χ3v) is 8.78. The molecule has 0 aliphatic carbocycles. The maximum atomic E-state index is 12.9. The second-order valence-electron chi connectivity index (χ2n) is 9.60. The van der Waals surface area contributed by atoms with Crippen LogP contribution in [0.15, 0.2) is 0 Å². The third kappa shape index (κ3) is 9.86. The van der Waals surface area contributed by atoms with Crippen LogP contribution in [-0.4, -0.2) is 163 Å². The summed E-state index contributed by atoms with van der Waals surface area (Å²) in [6, 6.07) is -5.41. The van der Waals surface area contributed by atoms with Crippen LogP contribution in [-0.2, 0) is 28.7 Å². The second-order valence-corrected chi connectivity index (χ2v) is 12.2. The molecule has 2 fully saturated rings. The largest absolute Gasteiger partial charge is 0.394 e. The maximum Gasteiger partial charge on any atom is 0.243 e. The molecule has 0 bridgehead atoms. The Morgan fingerprint density at radius 3 is 1.26 bits per heavy atom. The Hall–Kier alpha value is -1.82. The molecule has 2 saturated heterocycles. The first-order valence-electron chi connectivity index (χ1n) is 12.7. The van der Waals surface area contributed by atoms with E-state index in [1.807, 2.05) is 0 Å². The molecule has 0 aromatic heterocycles. The standard InChI is InChI=1S/C22H38N4O14S2/c1-7(29)23-9(19(35)25-13-17(33)15(31)11(3-27)39-21(13)37)5-41-42-6-10(24-8(2)30)20(36)26-14-18(34)16(32)12(4-28)40-22(14)38/h9-18,21-22,27-28,31-34,37-38H,3-6H2,1-2H3,(H,23,29)(H,24,30)(H,25,35)(H,26,36)/t9-,10-,11+,12+,13+,14+,15+,16+,17+,18+,21-,22-/m0/s1. The van der Waals surface area contributed by atoms with Gasteiger partial charge in [-0.05, 0) is 0 Å². The Morgan fingerprint density at radius 1 is 0.643 bits per heavy atom. The average molecular weight is 647 g/mol. The van der Waals surface area contributed by atoms with Gasteiger partial charge < -0.3 is 71.6 Å². The minimum atomic E-state index is -1.77. The van der Waals surface area contributed by atoms with Gasteiger partial charge in [-0.1, -0.05) is 21.6 Å². The number of nitrogens with one attached hydrogen (secondary N) is 4. The van der Waals surface area contributed by atoms with Gasteiger partial charge in [0.2, 0.25) is 23.6 Å². The lowest BCUT2D eigenvalue weighted by Gasteiger charge is -2.40. The minimum Gasteiger partial charge on any atom is -0.394 e. The summed E-state index contributed by atoms with van der Waals surface area (Å²) in [5, 5.41) is 88.6. The molecule has 2 aliphatic rings. The van der Waals surface area contributed by atoms with Crippen molar-refractivity contribution in [2.75, 3.05) is 24.7 Å². The van der Waals surface area contributed by atoms with Crippen LogP contribution < -0.4 is 21.3 Å². The number of hydrogen-bond donors (Lipinski definition) is 12. The summed E-state index contributed by atoms with van der Waals surface area (Å²) < 4.78 is 10.0. The van der Waals surface area contributed by atoms with Crippen molar-refractivity contribution in [2.45, 2.75) is 87.2 Å². The van der Waals surface area contributed by atoms with Crippen molar-refractivity contribution in [3.05, 3.63) is 0 Å². The van der Waals surface area contributed by atoms with Crippen LogP contribution in [0.4, 0.5) is 0 Å². The van der Waals surface area contributed by atoms with Gasteiger partial charge in [-0.2, -0.15) is 0 Å². The van der Waals surface area contributed by atoms with Gasteiger partial charge >= 0.3 is 0 Å². The molecule has 2 rings (SSSR count). The van der Waals surface area contributed by atoms with Crippen molar-refractivity contribution in [1.29, 1.82) is 0 Å². The normalized spacial score (nSPS) is 34.5. The van der Waals surface area contributed by atoms with Gasteiger partial charge in [0.05, 0.1) is 13.2 Å². The molecule has 0 aromatic rings. The predicted octanol–water partition coefficient (Wildman–Crippen LogP) is -6.79. The molecular formula is C22H38N4O14S2. The van der Waals surface area contributed by atoms with E-state index in [0.29, 0.717) is 0 Å². The summed E-state index contributed by atoms with van der Waals surface area (Å²) in [7, 11) is 2.01. The van der Waals surface area contributed by atoms with Crippen molar-refractivity contribution in [3.8, 4) is 0 Å². The highest BCUT2D eigenvalue weighted by atomic mass is 33.1. The van der Waals surface area contributed by atoms with Crippen molar-refractivity contribution >= 4 is 45.2 Å². The number of rotatable bonds is 13. The van der Waals surface area contributed by atoms with Gasteiger partial charge in [0.15, 0.2) is 12.6 Å². The topological polar surface area (TPSA) is 297 Å². The van der Waals surface area contributed by atoms with Crippen molar-refractivity contribution in [3.63, 3.8) is 0 Å². The molecule has 18 nitrogen and oxygen atoms in total. The Balaban J connectivity index is 1.98. The van der Waals surface area contributed by atoms with Crippen molar-refractivity contribution in [1.82, 2.24) is 21.3 Å². The zero-order valence-corrected chi connectivity index (χ0v) is 24.2. The first-order valence-corrected chi connectivity index (χ1v) is 15.2. The van der Waals surface area contributed by atoms with Gasteiger partial charge in [0, 0.05) is 25.4 Å². The molecule has 12 N–H and O–H groups in total. The van der Waals surface area contributed by atoms with E-state index < -0.39 is 110 Å². The first kappa shape index (κ1) is 36.4. The molecule has 20 heteroatoms. The van der Waals surface area contributed by atoms with Gasteiger partial charge in [-0.3, -0.25) is 19.2 Å². The second kappa shape index (κ2) is 16.9. The molecule has 2 heterocycles. The zero-order chi connectivity index (χ0) is 31.7. The fraction of sp³-hybridized carbons (Fsp3) is 0.818. The number of aliphatic hydroxyl groups excluding tert-OH is 8. The van der Waals surface area contributed by atoms with Crippen LogP contribution >= 0.6 is 21.6 Å². The van der Waals surface area contributed by atoms with Gasteiger partial charge in [-0.15, -0.1) is 0 Å². The summed E-state index contributed by atoms with van der Waals surface area (Å²) in [6.45, 7) is 0.903. The Bertz CT molecular complexity index is 866. The summed E-state index contributed by atoms with van der Waals surface area (Å²) in [4.78, 5) is 49.1. The molecule has 242 valence electrons. The number of ether oxygens (including phenoxy) is 2.